The van der Waals surface area contributed by atoms with Crippen LogP contribution >= 0.6 is 11.6 Å². The van der Waals surface area contributed by atoms with E-state index in [1.54, 1.807) is 41.1 Å². The average molecular weight is 409 g/mol. The second kappa shape index (κ2) is 7.44. The molecule has 0 saturated carbocycles. The molecule has 1 aliphatic heterocycles. The molecule has 29 heavy (non-hydrogen) atoms. The van der Waals surface area contributed by atoms with E-state index in [9.17, 15) is 14.4 Å². The van der Waals surface area contributed by atoms with Gasteiger partial charge in [0.2, 0.25) is 5.91 Å². The highest BCUT2D eigenvalue weighted by molar-refractivity contribution is 6.31. The zero-order chi connectivity index (χ0) is 20.5. The van der Waals surface area contributed by atoms with E-state index in [-0.39, 0.29) is 18.8 Å². The van der Waals surface area contributed by atoms with Crippen LogP contribution in [0, 0.1) is 0 Å². The number of fused-ring (bicyclic) bond motifs is 1. The summed E-state index contributed by atoms with van der Waals surface area (Å²) < 4.78 is 1.72. The van der Waals surface area contributed by atoms with Crippen LogP contribution in [0.4, 0.5) is 4.79 Å². The summed E-state index contributed by atoms with van der Waals surface area (Å²) in [6, 6.07) is 14.0. The first kappa shape index (κ1) is 18.8. The van der Waals surface area contributed by atoms with Crippen molar-refractivity contribution in [1.82, 2.24) is 14.8 Å². The minimum Gasteiger partial charge on any atom is -0.368 e. The van der Waals surface area contributed by atoms with Crippen LogP contribution in [-0.2, 0) is 22.7 Å². The Bertz CT molecular complexity index is 1180. The van der Waals surface area contributed by atoms with E-state index >= 15 is 0 Å². The van der Waals surface area contributed by atoms with Gasteiger partial charge in [-0.2, -0.15) is 0 Å². The monoisotopic (exact) mass is 408 g/mol. The Morgan fingerprint density at radius 2 is 1.83 bits per heavy atom. The van der Waals surface area contributed by atoms with E-state index < -0.39 is 17.8 Å². The number of halogens is 1. The van der Waals surface area contributed by atoms with E-state index in [1.807, 2.05) is 24.3 Å². The first-order chi connectivity index (χ1) is 13.9. The molecule has 3 N–H and O–H groups in total. The van der Waals surface area contributed by atoms with Crippen molar-refractivity contribution >= 4 is 46.4 Å². The number of carbonyl (C=O) groups is 3. The topological polar surface area (TPSA) is 97.4 Å². The molecule has 1 fully saturated rings. The maximum atomic E-state index is 12.8. The number of primary amides is 1. The summed E-state index contributed by atoms with van der Waals surface area (Å²) in [4.78, 5) is 37.6. The fraction of sp³-hybridized carbons (Fsp3) is 0.0952. The lowest BCUT2D eigenvalue weighted by molar-refractivity contribution is -0.123. The standard InChI is InChI=1S/C21H17ClN4O3/c22-16-7-3-1-5-13(16)11-26-20(28)17(24-21(26)29)9-14-10-25(12-19(23)27)18-8-4-2-6-15(14)18/h1-10H,11-12H2,(H2,23,27)(H,24,29)/b17-9-. The number of aromatic nitrogens is 1. The Morgan fingerprint density at radius 3 is 2.59 bits per heavy atom. The SMILES string of the molecule is NC(=O)Cn1cc(/C=C2\NC(=O)N(Cc3ccccc3Cl)C2=O)c2ccccc21. The third-order valence-electron chi connectivity index (χ3n) is 4.69. The predicted octanol–water partition coefficient (Wildman–Crippen LogP) is 2.87. The van der Waals surface area contributed by atoms with Gasteiger partial charge in [0.05, 0.1) is 6.54 Å². The Balaban J connectivity index is 1.67. The predicted molar refractivity (Wildman–Crippen MR) is 110 cm³/mol. The summed E-state index contributed by atoms with van der Waals surface area (Å²) in [7, 11) is 0. The maximum absolute atomic E-state index is 12.8. The van der Waals surface area contributed by atoms with Crippen LogP contribution in [0.15, 0.2) is 60.4 Å². The number of nitrogens with one attached hydrogen (secondary N) is 1. The van der Waals surface area contributed by atoms with Gasteiger partial charge in [0, 0.05) is 27.7 Å². The van der Waals surface area contributed by atoms with Crippen LogP contribution in [0.3, 0.4) is 0 Å². The van der Waals surface area contributed by atoms with Crippen LogP contribution in [0.2, 0.25) is 5.02 Å². The molecule has 146 valence electrons. The van der Waals surface area contributed by atoms with Crippen LogP contribution in [0.5, 0.6) is 0 Å². The summed E-state index contributed by atoms with van der Waals surface area (Å²) in [6.45, 7) is 0.0910. The van der Waals surface area contributed by atoms with Gasteiger partial charge in [-0.1, -0.05) is 48.0 Å². The fourth-order valence-corrected chi connectivity index (χ4v) is 3.55. The quantitative estimate of drug-likeness (QED) is 0.501. The summed E-state index contributed by atoms with van der Waals surface area (Å²) in [5.41, 5.74) is 7.67. The smallest absolute Gasteiger partial charge is 0.329 e. The Labute approximate surface area is 171 Å². The third kappa shape index (κ3) is 3.60. The molecule has 1 aliphatic rings. The molecule has 7 nitrogen and oxygen atoms in total. The van der Waals surface area contributed by atoms with Gasteiger partial charge in [0.15, 0.2) is 0 Å². The van der Waals surface area contributed by atoms with Gasteiger partial charge in [-0.3, -0.25) is 14.5 Å². The van der Waals surface area contributed by atoms with Crippen LogP contribution in [0.25, 0.3) is 17.0 Å². The maximum Gasteiger partial charge on any atom is 0.329 e. The number of nitrogens with zero attached hydrogens (tertiary/aromatic N) is 2. The Morgan fingerprint density at radius 1 is 1.10 bits per heavy atom. The van der Waals surface area contributed by atoms with Crippen molar-refractivity contribution in [3.63, 3.8) is 0 Å². The summed E-state index contributed by atoms with van der Waals surface area (Å²) in [6.07, 6.45) is 3.34. The minimum absolute atomic E-state index is 0.0165. The highest BCUT2D eigenvalue weighted by atomic mass is 35.5. The zero-order valence-electron chi connectivity index (χ0n) is 15.3. The minimum atomic E-state index is -0.512. The largest absolute Gasteiger partial charge is 0.368 e. The van der Waals surface area contributed by atoms with Crippen molar-refractivity contribution in [3.8, 4) is 0 Å². The highest BCUT2D eigenvalue weighted by Crippen LogP contribution is 2.26. The molecule has 2 heterocycles. The van der Waals surface area contributed by atoms with Crippen molar-refractivity contribution in [1.29, 1.82) is 0 Å². The van der Waals surface area contributed by atoms with Crippen molar-refractivity contribution in [2.45, 2.75) is 13.1 Å². The average Bonchev–Trinajstić information content (AvgIpc) is 3.15. The normalized spacial score (nSPS) is 15.3. The molecular weight excluding hydrogens is 392 g/mol. The molecule has 1 aromatic heterocycles. The number of nitrogens with two attached hydrogens (primary N) is 1. The van der Waals surface area contributed by atoms with Gasteiger partial charge in [-0.25, -0.2) is 4.79 Å². The molecule has 0 atom stereocenters. The number of imide groups is 1. The molecule has 0 spiro atoms. The summed E-state index contributed by atoms with van der Waals surface area (Å²) in [5.74, 6) is -0.914. The number of hydrogen-bond donors (Lipinski definition) is 2. The number of benzene rings is 2. The van der Waals surface area contributed by atoms with E-state index in [1.165, 1.54) is 0 Å². The Hall–Kier alpha value is -3.58. The van der Waals surface area contributed by atoms with Gasteiger partial charge < -0.3 is 15.6 Å². The molecule has 2 aromatic carbocycles. The second-order valence-electron chi connectivity index (χ2n) is 6.67. The van der Waals surface area contributed by atoms with E-state index in [4.69, 9.17) is 17.3 Å². The number of carbonyl (C=O) groups excluding carboxylic acids is 3. The molecule has 0 unspecified atom stereocenters. The van der Waals surface area contributed by atoms with Gasteiger partial charge in [0.25, 0.3) is 5.91 Å². The molecule has 8 heteroatoms. The van der Waals surface area contributed by atoms with E-state index in [2.05, 4.69) is 5.32 Å². The fourth-order valence-electron chi connectivity index (χ4n) is 3.36. The van der Waals surface area contributed by atoms with Crippen LogP contribution in [0.1, 0.15) is 11.1 Å². The van der Waals surface area contributed by atoms with E-state index in [0.717, 1.165) is 15.8 Å². The van der Waals surface area contributed by atoms with Crippen molar-refractivity contribution in [2.24, 2.45) is 5.73 Å². The number of rotatable bonds is 5. The molecule has 4 rings (SSSR count). The van der Waals surface area contributed by atoms with Gasteiger partial charge >= 0.3 is 6.03 Å². The number of para-hydroxylation sites is 1. The molecule has 0 aliphatic carbocycles. The first-order valence-electron chi connectivity index (χ1n) is 8.88. The lowest BCUT2D eigenvalue weighted by Crippen LogP contribution is -2.30. The number of urea groups is 1. The molecule has 4 amide bonds. The third-order valence-corrected chi connectivity index (χ3v) is 5.06. The second-order valence-corrected chi connectivity index (χ2v) is 7.07. The molecule has 0 bridgehead atoms. The molecular formula is C21H17ClN4O3. The lowest BCUT2D eigenvalue weighted by atomic mass is 10.1. The van der Waals surface area contributed by atoms with Gasteiger partial charge in [-0.15, -0.1) is 0 Å². The molecule has 1 saturated heterocycles. The Kier molecular flexibility index (Phi) is 4.82. The molecule has 0 radical (unpaired) electrons. The first-order valence-corrected chi connectivity index (χ1v) is 9.26. The van der Waals surface area contributed by atoms with Crippen LogP contribution < -0.4 is 11.1 Å². The van der Waals surface area contributed by atoms with Crippen molar-refractivity contribution in [3.05, 3.63) is 76.6 Å². The van der Waals surface area contributed by atoms with Gasteiger partial charge in [-0.05, 0) is 23.8 Å². The molecule has 3 aromatic rings. The van der Waals surface area contributed by atoms with Crippen LogP contribution in [-0.4, -0.2) is 27.3 Å². The lowest BCUT2D eigenvalue weighted by Gasteiger charge is -2.12. The zero-order valence-corrected chi connectivity index (χ0v) is 16.0. The number of amides is 4. The number of hydrogen-bond acceptors (Lipinski definition) is 3. The van der Waals surface area contributed by atoms with Crippen molar-refractivity contribution < 1.29 is 14.4 Å². The van der Waals surface area contributed by atoms with E-state index in [0.29, 0.717) is 16.1 Å². The summed E-state index contributed by atoms with van der Waals surface area (Å²) >= 11 is 6.15. The van der Waals surface area contributed by atoms with Crippen molar-refractivity contribution in [2.75, 3.05) is 0 Å². The highest BCUT2D eigenvalue weighted by Gasteiger charge is 2.34. The van der Waals surface area contributed by atoms with Gasteiger partial charge in [0.1, 0.15) is 12.2 Å². The summed E-state index contributed by atoms with van der Waals surface area (Å²) in [5, 5.41) is 3.94.